The first-order valence-electron chi connectivity index (χ1n) is 3.84. The molecule has 0 aromatic carbocycles. The van der Waals surface area contributed by atoms with E-state index in [4.69, 9.17) is 0 Å². The Balaban J connectivity index is 2.54. The van der Waals surface area contributed by atoms with Gasteiger partial charge >= 0.3 is 0 Å². The van der Waals surface area contributed by atoms with Crippen LogP contribution in [0.5, 0.6) is 0 Å². The summed E-state index contributed by atoms with van der Waals surface area (Å²) in [5, 5.41) is 6.55. The summed E-state index contributed by atoms with van der Waals surface area (Å²) >= 11 is 0. The lowest BCUT2D eigenvalue weighted by Crippen LogP contribution is -2.20. The number of fused-ring (bicyclic) bond motifs is 1. The number of carbonyl (C=O) groups excluding carboxylic acids is 1. The quantitative estimate of drug-likeness (QED) is 0.669. The summed E-state index contributed by atoms with van der Waals surface area (Å²) in [4.78, 5) is 15.2. The van der Waals surface area contributed by atoms with Crippen molar-refractivity contribution in [2.75, 3.05) is 7.05 Å². The minimum absolute atomic E-state index is 0.199. The molecular weight excluding hydrogens is 168 g/mol. The molecule has 2 aromatic heterocycles. The van der Waals surface area contributed by atoms with E-state index in [2.05, 4.69) is 15.4 Å². The fourth-order valence-electron chi connectivity index (χ4n) is 1.06. The van der Waals surface area contributed by atoms with Gasteiger partial charge in [-0.15, -0.1) is 0 Å². The molecule has 0 saturated carbocycles. The first-order valence-corrected chi connectivity index (χ1v) is 3.84. The molecule has 1 amide bonds. The van der Waals surface area contributed by atoms with Crippen LogP contribution >= 0.6 is 0 Å². The molecule has 0 unspecified atom stereocenters. The second kappa shape index (κ2) is 2.85. The molecule has 0 aliphatic carbocycles. The number of hydrogen-bond acceptors (Lipinski definition) is 3. The summed E-state index contributed by atoms with van der Waals surface area (Å²) in [5.41, 5.74) is 1.11. The van der Waals surface area contributed by atoms with Gasteiger partial charge in [0.15, 0.2) is 5.65 Å². The van der Waals surface area contributed by atoms with E-state index in [0.29, 0.717) is 5.69 Å². The maximum atomic E-state index is 11.2. The Morgan fingerprint density at radius 3 is 3.15 bits per heavy atom. The number of nitrogens with zero attached hydrogens (tertiary/aromatic N) is 3. The summed E-state index contributed by atoms with van der Waals surface area (Å²) in [6, 6.07) is 3.39. The van der Waals surface area contributed by atoms with Crippen LogP contribution in [0.15, 0.2) is 24.5 Å². The molecular formula is C8H8N4O. The van der Waals surface area contributed by atoms with Crippen molar-refractivity contribution in [3.05, 3.63) is 30.2 Å². The zero-order valence-electron chi connectivity index (χ0n) is 7.06. The number of rotatable bonds is 1. The van der Waals surface area contributed by atoms with Gasteiger partial charge in [-0.3, -0.25) is 4.79 Å². The van der Waals surface area contributed by atoms with Gasteiger partial charge in [-0.25, -0.2) is 9.50 Å². The Labute approximate surface area is 74.4 Å². The molecule has 0 aliphatic heterocycles. The van der Waals surface area contributed by atoms with E-state index in [-0.39, 0.29) is 5.91 Å². The average Bonchev–Trinajstić information content (AvgIpc) is 2.63. The lowest BCUT2D eigenvalue weighted by molar-refractivity contribution is 0.0957. The number of aromatic nitrogens is 3. The van der Waals surface area contributed by atoms with Crippen molar-refractivity contribution in [3.63, 3.8) is 0 Å². The second-order valence-corrected chi connectivity index (χ2v) is 2.53. The van der Waals surface area contributed by atoms with E-state index < -0.39 is 0 Å². The van der Waals surface area contributed by atoms with Crippen LogP contribution < -0.4 is 5.32 Å². The highest BCUT2D eigenvalue weighted by molar-refractivity contribution is 5.91. The Morgan fingerprint density at radius 2 is 2.38 bits per heavy atom. The minimum Gasteiger partial charge on any atom is -0.354 e. The van der Waals surface area contributed by atoms with Gasteiger partial charge in [0, 0.05) is 19.4 Å². The standard InChI is InChI=1S/C8H8N4O/c1-9-8(13)6-2-3-7-10-4-5-12(7)11-6/h2-5H,1H3,(H,9,13). The number of amides is 1. The van der Waals surface area contributed by atoms with Crippen molar-refractivity contribution < 1.29 is 4.79 Å². The zero-order chi connectivity index (χ0) is 9.26. The third kappa shape index (κ3) is 1.24. The number of imidazole rings is 1. The van der Waals surface area contributed by atoms with Crippen molar-refractivity contribution in [2.24, 2.45) is 0 Å². The summed E-state index contributed by atoms with van der Waals surface area (Å²) in [7, 11) is 1.57. The van der Waals surface area contributed by atoms with Crippen molar-refractivity contribution in [2.45, 2.75) is 0 Å². The Kier molecular flexibility index (Phi) is 1.70. The Hall–Kier alpha value is -1.91. The molecule has 1 N–H and O–H groups in total. The molecule has 0 atom stereocenters. The van der Waals surface area contributed by atoms with Crippen LogP contribution in [-0.4, -0.2) is 27.6 Å². The van der Waals surface area contributed by atoms with Gasteiger partial charge in [0.05, 0.1) is 0 Å². The Bertz CT molecular complexity index is 448. The highest BCUT2D eigenvalue weighted by atomic mass is 16.1. The van der Waals surface area contributed by atoms with Gasteiger partial charge in [-0.05, 0) is 12.1 Å². The van der Waals surface area contributed by atoms with Gasteiger partial charge in [0.25, 0.3) is 5.91 Å². The van der Waals surface area contributed by atoms with Gasteiger partial charge in [0.2, 0.25) is 0 Å². The van der Waals surface area contributed by atoms with Crippen LogP contribution in [0.4, 0.5) is 0 Å². The van der Waals surface area contributed by atoms with E-state index in [1.807, 2.05) is 0 Å². The van der Waals surface area contributed by atoms with Gasteiger partial charge < -0.3 is 5.32 Å². The molecule has 5 heteroatoms. The van der Waals surface area contributed by atoms with Crippen molar-refractivity contribution >= 4 is 11.6 Å². The van der Waals surface area contributed by atoms with Crippen molar-refractivity contribution in [1.29, 1.82) is 0 Å². The van der Waals surface area contributed by atoms with E-state index >= 15 is 0 Å². The third-order valence-corrected chi connectivity index (χ3v) is 1.71. The smallest absolute Gasteiger partial charge is 0.271 e. The average molecular weight is 176 g/mol. The molecule has 2 rings (SSSR count). The largest absolute Gasteiger partial charge is 0.354 e. The zero-order valence-corrected chi connectivity index (χ0v) is 7.06. The normalized spacial score (nSPS) is 10.2. The molecule has 0 saturated heterocycles. The fourth-order valence-corrected chi connectivity index (χ4v) is 1.06. The first kappa shape index (κ1) is 7.72. The summed E-state index contributed by atoms with van der Waals surface area (Å²) < 4.78 is 1.56. The molecule has 2 aromatic rings. The summed E-state index contributed by atoms with van der Waals surface area (Å²) in [6.45, 7) is 0. The molecule has 0 aliphatic rings. The summed E-state index contributed by atoms with van der Waals surface area (Å²) in [5.74, 6) is -0.199. The van der Waals surface area contributed by atoms with E-state index in [1.165, 1.54) is 0 Å². The molecule has 2 heterocycles. The monoisotopic (exact) mass is 176 g/mol. The SMILES string of the molecule is CNC(=O)c1ccc2nccn2n1. The van der Waals surface area contributed by atoms with Gasteiger partial charge in [0.1, 0.15) is 5.69 Å². The van der Waals surface area contributed by atoms with Crippen LogP contribution in [-0.2, 0) is 0 Å². The lowest BCUT2D eigenvalue weighted by atomic mass is 10.4. The lowest BCUT2D eigenvalue weighted by Gasteiger charge is -1.98. The van der Waals surface area contributed by atoms with E-state index in [1.54, 1.807) is 36.1 Å². The molecule has 0 radical (unpaired) electrons. The van der Waals surface area contributed by atoms with Crippen LogP contribution in [0.3, 0.4) is 0 Å². The highest BCUT2D eigenvalue weighted by Crippen LogP contribution is 1.99. The van der Waals surface area contributed by atoms with Crippen molar-refractivity contribution in [1.82, 2.24) is 19.9 Å². The molecule has 0 spiro atoms. The van der Waals surface area contributed by atoms with E-state index in [0.717, 1.165) is 5.65 Å². The van der Waals surface area contributed by atoms with E-state index in [9.17, 15) is 4.79 Å². The maximum absolute atomic E-state index is 11.2. The predicted molar refractivity (Wildman–Crippen MR) is 46.4 cm³/mol. The Morgan fingerprint density at radius 1 is 1.54 bits per heavy atom. The second-order valence-electron chi connectivity index (χ2n) is 2.53. The molecule has 0 fully saturated rings. The number of hydrogen-bond donors (Lipinski definition) is 1. The number of carbonyl (C=O) groups is 1. The molecule has 0 bridgehead atoms. The first-order chi connectivity index (χ1) is 6.31. The van der Waals surface area contributed by atoms with Gasteiger partial charge in [-0.1, -0.05) is 0 Å². The number of nitrogens with one attached hydrogen (secondary N) is 1. The van der Waals surface area contributed by atoms with Gasteiger partial charge in [-0.2, -0.15) is 5.10 Å². The van der Waals surface area contributed by atoms with Crippen LogP contribution in [0.1, 0.15) is 10.5 Å². The fraction of sp³-hybridized carbons (Fsp3) is 0.125. The van der Waals surface area contributed by atoms with Crippen LogP contribution in [0.25, 0.3) is 5.65 Å². The summed E-state index contributed by atoms with van der Waals surface area (Å²) in [6.07, 6.45) is 3.33. The van der Waals surface area contributed by atoms with Crippen LogP contribution in [0, 0.1) is 0 Å². The molecule has 66 valence electrons. The molecule has 5 nitrogen and oxygen atoms in total. The highest BCUT2D eigenvalue weighted by Gasteiger charge is 2.05. The topological polar surface area (TPSA) is 59.3 Å². The minimum atomic E-state index is -0.199. The molecule has 13 heavy (non-hydrogen) atoms. The maximum Gasteiger partial charge on any atom is 0.271 e. The third-order valence-electron chi connectivity index (χ3n) is 1.71. The van der Waals surface area contributed by atoms with Crippen molar-refractivity contribution in [3.8, 4) is 0 Å². The predicted octanol–water partition coefficient (Wildman–Crippen LogP) is 0.0889. The van der Waals surface area contributed by atoms with Crippen LogP contribution in [0.2, 0.25) is 0 Å².